The highest BCUT2D eigenvalue weighted by Gasteiger charge is 2.44. The van der Waals surface area contributed by atoms with Gasteiger partial charge in [-0.05, 0) is 43.3 Å². The van der Waals surface area contributed by atoms with Crippen molar-refractivity contribution in [1.82, 2.24) is 10.2 Å². The van der Waals surface area contributed by atoms with E-state index in [1.165, 1.54) is 36.1 Å². The number of nitrogens with zero attached hydrogens (tertiary/aromatic N) is 2. The Morgan fingerprint density at radius 1 is 1.04 bits per heavy atom. The van der Waals surface area contributed by atoms with Crippen molar-refractivity contribution in [2.24, 2.45) is 0 Å². The number of urea groups is 2. The Morgan fingerprint density at radius 3 is 2.32 bits per heavy atom. The summed E-state index contributed by atoms with van der Waals surface area (Å²) in [7, 11) is 0. The van der Waals surface area contributed by atoms with Gasteiger partial charge in [0.1, 0.15) is 18.4 Å². The zero-order chi connectivity index (χ0) is 20.3. The van der Waals surface area contributed by atoms with Gasteiger partial charge in [-0.15, -0.1) is 0 Å². The number of hydrogen-bond acceptors (Lipinski definition) is 4. The van der Waals surface area contributed by atoms with Crippen molar-refractivity contribution in [1.29, 1.82) is 0 Å². The molecule has 144 valence electrons. The van der Waals surface area contributed by atoms with Crippen molar-refractivity contribution in [3.8, 4) is 0 Å². The molecule has 1 fully saturated rings. The van der Waals surface area contributed by atoms with Gasteiger partial charge >= 0.3 is 12.1 Å². The average Bonchev–Trinajstić information content (AvgIpc) is 2.87. The highest BCUT2D eigenvalue weighted by atomic mass is 19.1. The molecule has 1 aliphatic rings. The minimum atomic E-state index is -0.857. The molecular weight excluding hydrogens is 367 g/mol. The number of halogens is 1. The van der Waals surface area contributed by atoms with E-state index in [0.29, 0.717) is 11.4 Å². The predicted octanol–water partition coefficient (Wildman–Crippen LogP) is 2.33. The van der Waals surface area contributed by atoms with Gasteiger partial charge in [-0.1, -0.05) is 18.2 Å². The first-order chi connectivity index (χ1) is 13.4. The lowest BCUT2D eigenvalue weighted by molar-refractivity contribution is -0.131. The average molecular weight is 384 g/mol. The van der Waals surface area contributed by atoms with E-state index >= 15 is 0 Å². The Kier molecular flexibility index (Phi) is 5.35. The standard InChI is InChI=1S/C19H17FN4O4/c1-12-17(26)23(19(28)24(12)15-9-7-13(20)8-10-15)11-16(25)22-18(27)21-14-5-3-2-4-6-14/h2-10,12H,11H2,1H3,(H2,21,22,25,27). The van der Waals surface area contributed by atoms with E-state index in [1.54, 1.807) is 30.3 Å². The number of carbonyl (C=O) groups excluding carboxylic acids is 4. The van der Waals surface area contributed by atoms with Crippen LogP contribution >= 0.6 is 0 Å². The molecule has 3 rings (SSSR count). The van der Waals surface area contributed by atoms with E-state index in [-0.39, 0.29) is 0 Å². The number of imide groups is 2. The molecule has 1 aliphatic heterocycles. The van der Waals surface area contributed by atoms with Crippen LogP contribution in [-0.2, 0) is 9.59 Å². The maximum absolute atomic E-state index is 13.1. The second kappa shape index (κ2) is 7.87. The third-order valence-corrected chi connectivity index (χ3v) is 4.14. The van der Waals surface area contributed by atoms with E-state index in [9.17, 15) is 23.6 Å². The van der Waals surface area contributed by atoms with Crippen molar-refractivity contribution in [3.63, 3.8) is 0 Å². The van der Waals surface area contributed by atoms with Crippen molar-refractivity contribution < 1.29 is 23.6 Å². The Bertz CT molecular complexity index is 917. The number of carbonyl (C=O) groups is 4. The number of para-hydroxylation sites is 1. The Morgan fingerprint density at radius 2 is 1.68 bits per heavy atom. The number of anilines is 2. The molecule has 6 amide bonds. The molecule has 2 N–H and O–H groups in total. The van der Waals surface area contributed by atoms with Gasteiger partial charge in [0.15, 0.2) is 0 Å². The lowest BCUT2D eigenvalue weighted by atomic mass is 10.2. The lowest BCUT2D eigenvalue weighted by Crippen LogP contribution is -2.44. The fourth-order valence-electron chi connectivity index (χ4n) is 2.80. The smallest absolute Gasteiger partial charge is 0.308 e. The number of hydrogen-bond donors (Lipinski definition) is 2. The van der Waals surface area contributed by atoms with Gasteiger partial charge in [0, 0.05) is 11.4 Å². The largest absolute Gasteiger partial charge is 0.332 e. The summed E-state index contributed by atoms with van der Waals surface area (Å²) in [4.78, 5) is 50.8. The van der Waals surface area contributed by atoms with E-state index in [0.717, 1.165) is 4.90 Å². The maximum atomic E-state index is 13.1. The molecule has 2 aromatic carbocycles. The van der Waals surface area contributed by atoms with Gasteiger partial charge in [0.2, 0.25) is 5.91 Å². The number of benzene rings is 2. The van der Waals surface area contributed by atoms with Crippen molar-refractivity contribution in [2.45, 2.75) is 13.0 Å². The van der Waals surface area contributed by atoms with Crippen molar-refractivity contribution in [3.05, 3.63) is 60.4 Å². The summed E-state index contributed by atoms with van der Waals surface area (Å²) in [5.41, 5.74) is 0.814. The van der Waals surface area contributed by atoms with E-state index in [1.807, 2.05) is 0 Å². The van der Waals surface area contributed by atoms with Crippen LogP contribution < -0.4 is 15.5 Å². The molecule has 0 bridgehead atoms. The fourth-order valence-corrected chi connectivity index (χ4v) is 2.80. The summed E-state index contributed by atoms with van der Waals surface area (Å²) < 4.78 is 13.1. The van der Waals surface area contributed by atoms with Gasteiger partial charge < -0.3 is 5.32 Å². The molecule has 28 heavy (non-hydrogen) atoms. The Balaban J connectivity index is 1.64. The monoisotopic (exact) mass is 384 g/mol. The highest BCUT2D eigenvalue weighted by molar-refractivity contribution is 6.16. The number of amides is 6. The van der Waals surface area contributed by atoms with E-state index in [2.05, 4.69) is 10.6 Å². The second-order valence-corrected chi connectivity index (χ2v) is 6.10. The van der Waals surface area contributed by atoms with Gasteiger partial charge in [-0.3, -0.25) is 24.7 Å². The van der Waals surface area contributed by atoms with Crippen LogP contribution in [0.3, 0.4) is 0 Å². The number of rotatable bonds is 4. The zero-order valence-corrected chi connectivity index (χ0v) is 14.9. The van der Waals surface area contributed by atoms with Crippen LogP contribution in [0.2, 0.25) is 0 Å². The second-order valence-electron chi connectivity index (χ2n) is 6.10. The molecule has 0 aromatic heterocycles. The SMILES string of the molecule is CC1C(=O)N(CC(=O)NC(=O)Nc2ccccc2)C(=O)N1c1ccc(F)cc1. The Labute approximate surface area is 159 Å². The molecule has 2 aromatic rings. The first-order valence-corrected chi connectivity index (χ1v) is 8.43. The molecule has 0 radical (unpaired) electrons. The predicted molar refractivity (Wildman–Crippen MR) is 99.1 cm³/mol. The van der Waals surface area contributed by atoms with Crippen LogP contribution in [0, 0.1) is 5.82 Å². The summed E-state index contributed by atoms with van der Waals surface area (Å²) in [6, 6.07) is 11.2. The molecule has 0 aliphatic carbocycles. The van der Waals surface area contributed by atoms with Crippen LogP contribution in [0.5, 0.6) is 0 Å². The molecule has 1 saturated heterocycles. The molecule has 0 spiro atoms. The van der Waals surface area contributed by atoms with Crippen molar-refractivity contribution in [2.75, 3.05) is 16.8 Å². The molecular formula is C19H17FN4O4. The minimum Gasteiger partial charge on any atom is -0.308 e. The molecule has 1 atom stereocenters. The molecule has 1 unspecified atom stereocenters. The highest BCUT2D eigenvalue weighted by Crippen LogP contribution is 2.25. The summed E-state index contributed by atoms with van der Waals surface area (Å²) in [5.74, 6) is -1.88. The summed E-state index contributed by atoms with van der Waals surface area (Å²) in [5, 5.41) is 4.53. The quantitative estimate of drug-likeness (QED) is 0.791. The third-order valence-electron chi connectivity index (χ3n) is 4.14. The third kappa shape index (κ3) is 3.98. The van der Waals surface area contributed by atoms with Gasteiger partial charge in [0.25, 0.3) is 5.91 Å². The van der Waals surface area contributed by atoms with Crippen LogP contribution in [0.4, 0.5) is 25.4 Å². The Hall–Kier alpha value is -3.75. The molecule has 9 heteroatoms. The van der Waals surface area contributed by atoms with Gasteiger partial charge in [0.05, 0.1) is 0 Å². The van der Waals surface area contributed by atoms with E-state index in [4.69, 9.17) is 0 Å². The topological polar surface area (TPSA) is 98.8 Å². The zero-order valence-electron chi connectivity index (χ0n) is 14.9. The van der Waals surface area contributed by atoms with Crippen LogP contribution in [0.15, 0.2) is 54.6 Å². The molecule has 1 heterocycles. The van der Waals surface area contributed by atoms with Crippen LogP contribution in [0.1, 0.15) is 6.92 Å². The van der Waals surface area contributed by atoms with Crippen molar-refractivity contribution >= 4 is 35.3 Å². The molecule has 8 nitrogen and oxygen atoms in total. The first kappa shape index (κ1) is 19.0. The summed E-state index contributed by atoms with van der Waals surface area (Å²) >= 11 is 0. The van der Waals surface area contributed by atoms with Crippen LogP contribution in [0.25, 0.3) is 0 Å². The summed E-state index contributed by atoms with van der Waals surface area (Å²) in [6.07, 6.45) is 0. The fraction of sp³-hybridized carbons (Fsp3) is 0.158. The maximum Gasteiger partial charge on any atom is 0.332 e. The molecule has 0 saturated carbocycles. The van der Waals surface area contributed by atoms with Crippen LogP contribution in [-0.4, -0.2) is 41.4 Å². The van der Waals surface area contributed by atoms with Gasteiger partial charge in [-0.25, -0.2) is 14.0 Å². The van der Waals surface area contributed by atoms with Gasteiger partial charge in [-0.2, -0.15) is 0 Å². The normalized spacial score (nSPS) is 16.3. The first-order valence-electron chi connectivity index (χ1n) is 8.43. The summed E-state index contributed by atoms with van der Waals surface area (Å²) in [6.45, 7) is 0.894. The lowest BCUT2D eigenvalue weighted by Gasteiger charge is -2.19. The van der Waals surface area contributed by atoms with E-state index < -0.39 is 42.3 Å². The minimum absolute atomic E-state index is 0.331. The number of nitrogens with one attached hydrogen (secondary N) is 2.